The predicted molar refractivity (Wildman–Crippen MR) is 109 cm³/mol. The number of aliphatic hydroxyl groups excluding tert-OH is 2. The zero-order valence-electron chi connectivity index (χ0n) is 15.2. The van der Waals surface area contributed by atoms with Crippen LogP contribution in [0.1, 0.15) is 37.4 Å². The van der Waals surface area contributed by atoms with E-state index in [0.29, 0.717) is 22.8 Å². The number of benzene rings is 1. The minimum absolute atomic E-state index is 0.0838. The molecular weight excluding hydrogens is 384 g/mol. The van der Waals surface area contributed by atoms with Gasteiger partial charge in [0.1, 0.15) is 0 Å². The molecule has 4 nitrogen and oxygen atoms in total. The first kappa shape index (κ1) is 20.7. The first-order chi connectivity index (χ1) is 12.9. The Bertz CT molecular complexity index is 680. The Morgan fingerprint density at radius 2 is 2.15 bits per heavy atom. The molecule has 2 fully saturated rings. The Kier molecular flexibility index (Phi) is 7.26. The second kappa shape index (κ2) is 9.46. The molecular formula is C21H27ClO4S. The fourth-order valence-corrected chi connectivity index (χ4v) is 5.74. The molecule has 3 N–H and O–H groups in total. The zero-order chi connectivity index (χ0) is 19.4. The highest BCUT2D eigenvalue weighted by molar-refractivity contribution is 7.99. The average Bonchev–Trinajstić information content (AvgIpc) is 3.13. The van der Waals surface area contributed by atoms with E-state index in [-0.39, 0.29) is 17.8 Å². The monoisotopic (exact) mass is 410 g/mol. The molecule has 148 valence electrons. The van der Waals surface area contributed by atoms with Crippen LogP contribution in [0.4, 0.5) is 0 Å². The molecule has 0 bridgehead atoms. The van der Waals surface area contributed by atoms with E-state index in [1.807, 2.05) is 18.2 Å². The fraction of sp³-hybridized carbons (Fsp3) is 0.571. The van der Waals surface area contributed by atoms with Crippen LogP contribution in [0.25, 0.3) is 0 Å². The van der Waals surface area contributed by atoms with E-state index in [2.05, 4.69) is 0 Å². The molecule has 1 aromatic rings. The molecule has 2 saturated carbocycles. The van der Waals surface area contributed by atoms with E-state index in [1.165, 1.54) is 11.8 Å². The van der Waals surface area contributed by atoms with Gasteiger partial charge in [0.25, 0.3) is 0 Å². The van der Waals surface area contributed by atoms with Gasteiger partial charge in [-0.15, -0.1) is 0 Å². The number of carbonyl (C=O) groups is 1. The number of carboxylic acids is 1. The fourth-order valence-electron chi connectivity index (χ4n) is 4.72. The lowest BCUT2D eigenvalue weighted by Crippen LogP contribution is -2.18. The highest BCUT2D eigenvalue weighted by atomic mass is 35.5. The molecule has 2 unspecified atom stereocenters. The van der Waals surface area contributed by atoms with Gasteiger partial charge in [0.05, 0.1) is 18.0 Å². The summed E-state index contributed by atoms with van der Waals surface area (Å²) in [5.74, 6) is 1.99. The van der Waals surface area contributed by atoms with Crippen molar-refractivity contribution in [1.29, 1.82) is 0 Å². The van der Waals surface area contributed by atoms with Crippen molar-refractivity contribution in [2.24, 2.45) is 23.7 Å². The van der Waals surface area contributed by atoms with Crippen LogP contribution >= 0.6 is 23.4 Å². The Hall–Kier alpha value is -1.01. The van der Waals surface area contributed by atoms with Crippen molar-refractivity contribution in [1.82, 2.24) is 0 Å². The summed E-state index contributed by atoms with van der Waals surface area (Å²) in [7, 11) is 0. The smallest absolute Gasteiger partial charge is 0.313 e. The van der Waals surface area contributed by atoms with Crippen LogP contribution in [0, 0.1) is 23.7 Å². The average molecular weight is 411 g/mol. The van der Waals surface area contributed by atoms with Crippen molar-refractivity contribution in [2.45, 2.75) is 37.9 Å². The lowest BCUT2D eigenvalue weighted by atomic mass is 9.89. The van der Waals surface area contributed by atoms with Gasteiger partial charge in [0, 0.05) is 10.9 Å². The summed E-state index contributed by atoms with van der Waals surface area (Å²) in [6, 6.07) is 7.19. The molecule has 0 amide bonds. The lowest BCUT2D eigenvalue weighted by Gasteiger charge is -2.19. The zero-order valence-corrected chi connectivity index (χ0v) is 16.8. The molecule has 27 heavy (non-hydrogen) atoms. The standard InChI is InChI=1S/C21H27ClO4S/c22-16-3-1-2-14(10-16)19(23)5-4-17-18-9-13(6-7-27-12-21(25)26)8-15(18)11-20(17)24/h1-5,10,13,15,17-20,23-24H,6-9,11-12H2,(H,25,26)/t13?,15-,17+,18+,19?,20+/m0/s1. The normalized spacial score (nSPS) is 31.3. The molecule has 0 aliphatic heterocycles. The van der Waals surface area contributed by atoms with Crippen LogP contribution in [0.2, 0.25) is 5.02 Å². The van der Waals surface area contributed by atoms with Gasteiger partial charge in [0.15, 0.2) is 0 Å². The van der Waals surface area contributed by atoms with E-state index in [4.69, 9.17) is 16.7 Å². The van der Waals surface area contributed by atoms with Crippen LogP contribution in [0.15, 0.2) is 36.4 Å². The van der Waals surface area contributed by atoms with Gasteiger partial charge in [0.2, 0.25) is 0 Å². The van der Waals surface area contributed by atoms with E-state index < -0.39 is 12.1 Å². The third-order valence-electron chi connectivity index (χ3n) is 5.93. The van der Waals surface area contributed by atoms with E-state index in [1.54, 1.807) is 18.2 Å². The molecule has 6 atom stereocenters. The van der Waals surface area contributed by atoms with Crippen LogP contribution in [0.5, 0.6) is 0 Å². The van der Waals surface area contributed by atoms with Gasteiger partial charge in [-0.25, -0.2) is 0 Å². The first-order valence-electron chi connectivity index (χ1n) is 9.53. The number of hydrogen-bond acceptors (Lipinski definition) is 4. The minimum atomic E-state index is -0.755. The first-order valence-corrected chi connectivity index (χ1v) is 11.1. The maximum absolute atomic E-state index is 10.6. The summed E-state index contributed by atoms with van der Waals surface area (Å²) < 4.78 is 0. The Morgan fingerprint density at radius 3 is 2.89 bits per heavy atom. The van der Waals surface area contributed by atoms with E-state index >= 15 is 0 Å². The summed E-state index contributed by atoms with van der Waals surface area (Å²) in [6.07, 6.45) is 6.77. The Labute approximate surface area is 169 Å². The summed E-state index contributed by atoms with van der Waals surface area (Å²) in [6.45, 7) is 0. The van der Waals surface area contributed by atoms with Crippen LogP contribution in [-0.4, -0.2) is 38.9 Å². The van der Waals surface area contributed by atoms with Crippen molar-refractivity contribution in [3.8, 4) is 0 Å². The van der Waals surface area contributed by atoms with Crippen molar-refractivity contribution >= 4 is 29.3 Å². The molecule has 0 radical (unpaired) electrons. The second-order valence-corrected chi connectivity index (χ2v) is 9.30. The third kappa shape index (κ3) is 5.50. The third-order valence-corrected chi connectivity index (χ3v) is 7.14. The number of aliphatic hydroxyl groups is 2. The van der Waals surface area contributed by atoms with Gasteiger partial charge < -0.3 is 15.3 Å². The maximum atomic E-state index is 10.6. The van der Waals surface area contributed by atoms with Crippen molar-refractivity contribution in [3.05, 3.63) is 47.0 Å². The van der Waals surface area contributed by atoms with Crippen LogP contribution < -0.4 is 0 Å². The SMILES string of the molecule is O=C(O)CSCCC1C[C@H]2C[C@@H](O)[C@H](C=CC(O)c3cccc(Cl)c3)[C@@H]2C1. The molecule has 3 rings (SSSR count). The summed E-state index contributed by atoms with van der Waals surface area (Å²) in [4.78, 5) is 10.6. The van der Waals surface area contributed by atoms with E-state index in [0.717, 1.165) is 37.0 Å². The van der Waals surface area contributed by atoms with Gasteiger partial charge in [-0.1, -0.05) is 35.9 Å². The summed E-state index contributed by atoms with van der Waals surface area (Å²) >= 11 is 7.47. The molecule has 6 heteroatoms. The summed E-state index contributed by atoms with van der Waals surface area (Å²) in [5.41, 5.74) is 0.752. The largest absolute Gasteiger partial charge is 0.481 e. The van der Waals surface area contributed by atoms with Crippen LogP contribution in [-0.2, 0) is 4.79 Å². The second-order valence-electron chi connectivity index (χ2n) is 7.76. The minimum Gasteiger partial charge on any atom is -0.481 e. The molecule has 0 saturated heterocycles. The maximum Gasteiger partial charge on any atom is 0.313 e. The molecule has 0 aromatic heterocycles. The highest BCUT2D eigenvalue weighted by Gasteiger charge is 2.46. The number of carboxylic acid groups (broad SMARTS) is 1. The number of thioether (sulfide) groups is 1. The highest BCUT2D eigenvalue weighted by Crippen LogP contribution is 2.51. The predicted octanol–water partition coefficient (Wildman–Crippen LogP) is 4.16. The Morgan fingerprint density at radius 1 is 1.33 bits per heavy atom. The molecule has 2 aliphatic rings. The van der Waals surface area contributed by atoms with Gasteiger partial charge in [-0.2, -0.15) is 11.8 Å². The quantitative estimate of drug-likeness (QED) is 0.443. The van der Waals surface area contributed by atoms with Gasteiger partial charge >= 0.3 is 5.97 Å². The van der Waals surface area contributed by atoms with Crippen molar-refractivity contribution < 1.29 is 20.1 Å². The van der Waals surface area contributed by atoms with Crippen molar-refractivity contribution in [2.75, 3.05) is 11.5 Å². The van der Waals surface area contributed by atoms with Crippen LogP contribution in [0.3, 0.4) is 0 Å². The van der Waals surface area contributed by atoms with E-state index in [9.17, 15) is 15.0 Å². The molecule has 2 aliphatic carbocycles. The number of hydrogen-bond donors (Lipinski definition) is 3. The molecule has 0 heterocycles. The Balaban J connectivity index is 1.54. The van der Waals surface area contributed by atoms with Gasteiger partial charge in [-0.3, -0.25) is 4.79 Å². The molecule has 0 spiro atoms. The lowest BCUT2D eigenvalue weighted by molar-refractivity contribution is -0.133. The topological polar surface area (TPSA) is 77.8 Å². The van der Waals surface area contributed by atoms with Gasteiger partial charge in [-0.05, 0) is 66.9 Å². The number of rotatable bonds is 8. The number of fused-ring (bicyclic) bond motifs is 1. The number of aliphatic carboxylic acids is 1. The number of halogens is 1. The van der Waals surface area contributed by atoms with Crippen molar-refractivity contribution in [3.63, 3.8) is 0 Å². The summed E-state index contributed by atoms with van der Waals surface area (Å²) in [5, 5.41) is 30.2. The molecule has 1 aromatic carbocycles.